The number of nitrogens with zero attached hydrogens (tertiary/aromatic N) is 1. The summed E-state index contributed by atoms with van der Waals surface area (Å²) in [5.41, 5.74) is 0.848. The van der Waals surface area contributed by atoms with E-state index >= 15 is 0 Å². The van der Waals surface area contributed by atoms with Crippen LogP contribution in [0.4, 0.5) is 10.1 Å². The number of halogens is 2. The van der Waals surface area contributed by atoms with Gasteiger partial charge in [-0.1, -0.05) is 11.6 Å². The summed E-state index contributed by atoms with van der Waals surface area (Å²) in [7, 11) is 1.52. The molecule has 1 aromatic heterocycles. The summed E-state index contributed by atoms with van der Waals surface area (Å²) < 4.78 is 13.1. The molecule has 21 heavy (non-hydrogen) atoms. The van der Waals surface area contributed by atoms with Crippen molar-refractivity contribution in [3.05, 3.63) is 58.6 Å². The third-order valence-electron chi connectivity index (χ3n) is 2.68. The number of rotatable bonds is 3. The number of aromatic nitrogens is 1. The topological polar surface area (TPSA) is 71.1 Å². The highest BCUT2D eigenvalue weighted by Gasteiger charge is 2.13. The molecule has 2 amide bonds. The van der Waals surface area contributed by atoms with Crippen LogP contribution in [-0.4, -0.2) is 23.8 Å². The molecular formula is C14H11ClFN3O2. The fourth-order valence-corrected chi connectivity index (χ4v) is 1.82. The Labute approximate surface area is 125 Å². The first-order valence-corrected chi connectivity index (χ1v) is 6.33. The Morgan fingerprint density at radius 2 is 1.86 bits per heavy atom. The highest BCUT2D eigenvalue weighted by atomic mass is 35.5. The van der Waals surface area contributed by atoms with E-state index in [2.05, 4.69) is 15.6 Å². The summed E-state index contributed by atoms with van der Waals surface area (Å²) in [5, 5.41) is 4.95. The van der Waals surface area contributed by atoms with Gasteiger partial charge in [-0.2, -0.15) is 0 Å². The van der Waals surface area contributed by atoms with Crippen LogP contribution in [0.3, 0.4) is 0 Å². The first-order chi connectivity index (χ1) is 10.0. The van der Waals surface area contributed by atoms with Gasteiger partial charge < -0.3 is 10.6 Å². The molecule has 0 unspecified atom stereocenters. The lowest BCUT2D eigenvalue weighted by molar-refractivity contribution is 0.0962. The van der Waals surface area contributed by atoms with Gasteiger partial charge in [-0.05, 0) is 30.3 Å². The number of benzene rings is 1. The summed E-state index contributed by atoms with van der Waals surface area (Å²) in [6.07, 6.45) is 0.928. The molecular weight excluding hydrogens is 297 g/mol. The SMILES string of the molecule is CNC(=O)c1ccc(NC(=O)c2cc(F)cnc2Cl)cc1. The molecule has 0 radical (unpaired) electrons. The van der Waals surface area contributed by atoms with E-state index in [4.69, 9.17) is 11.6 Å². The number of hydrogen-bond acceptors (Lipinski definition) is 3. The normalized spacial score (nSPS) is 10.0. The quantitative estimate of drug-likeness (QED) is 0.856. The second-order valence-electron chi connectivity index (χ2n) is 4.10. The summed E-state index contributed by atoms with van der Waals surface area (Å²) in [5.74, 6) is -1.47. The van der Waals surface area contributed by atoms with E-state index in [9.17, 15) is 14.0 Å². The average molecular weight is 308 g/mol. The van der Waals surface area contributed by atoms with E-state index in [-0.39, 0.29) is 16.6 Å². The smallest absolute Gasteiger partial charge is 0.258 e. The van der Waals surface area contributed by atoms with Crippen molar-refractivity contribution in [2.24, 2.45) is 0 Å². The van der Waals surface area contributed by atoms with Crippen molar-refractivity contribution >= 4 is 29.1 Å². The van der Waals surface area contributed by atoms with E-state index in [1.54, 1.807) is 24.3 Å². The molecule has 1 heterocycles. The molecule has 0 fully saturated rings. The van der Waals surface area contributed by atoms with Crippen LogP contribution in [0, 0.1) is 5.82 Å². The monoisotopic (exact) mass is 307 g/mol. The van der Waals surface area contributed by atoms with E-state index < -0.39 is 11.7 Å². The van der Waals surface area contributed by atoms with E-state index in [0.29, 0.717) is 11.3 Å². The maximum absolute atomic E-state index is 13.1. The molecule has 1 aromatic carbocycles. The van der Waals surface area contributed by atoms with Crippen LogP contribution < -0.4 is 10.6 Å². The molecule has 2 rings (SSSR count). The van der Waals surface area contributed by atoms with Crippen LogP contribution in [0.15, 0.2) is 36.5 Å². The zero-order valence-corrected chi connectivity index (χ0v) is 11.7. The molecule has 0 aliphatic heterocycles. The van der Waals surface area contributed by atoms with Gasteiger partial charge in [0.2, 0.25) is 0 Å². The van der Waals surface area contributed by atoms with Crippen molar-refractivity contribution in [2.75, 3.05) is 12.4 Å². The van der Waals surface area contributed by atoms with Crippen molar-refractivity contribution in [1.29, 1.82) is 0 Å². The van der Waals surface area contributed by atoms with Gasteiger partial charge in [0.05, 0.1) is 11.8 Å². The van der Waals surface area contributed by atoms with Crippen LogP contribution in [0.5, 0.6) is 0 Å². The van der Waals surface area contributed by atoms with Crippen molar-refractivity contribution in [2.45, 2.75) is 0 Å². The van der Waals surface area contributed by atoms with E-state index in [1.807, 2.05) is 0 Å². The Hall–Kier alpha value is -2.47. The summed E-state index contributed by atoms with van der Waals surface area (Å²) in [4.78, 5) is 26.9. The number of carbonyl (C=O) groups is 2. The molecule has 0 spiro atoms. The first kappa shape index (κ1) is 14.9. The molecule has 0 saturated heterocycles. The van der Waals surface area contributed by atoms with Gasteiger partial charge >= 0.3 is 0 Å². The summed E-state index contributed by atoms with van der Waals surface area (Å²) >= 11 is 5.75. The predicted molar refractivity (Wildman–Crippen MR) is 77.0 cm³/mol. The Balaban J connectivity index is 2.16. The second-order valence-corrected chi connectivity index (χ2v) is 4.46. The Morgan fingerprint density at radius 3 is 2.48 bits per heavy atom. The second kappa shape index (κ2) is 6.32. The van der Waals surface area contributed by atoms with Crippen molar-refractivity contribution in [3.8, 4) is 0 Å². The lowest BCUT2D eigenvalue weighted by atomic mass is 10.2. The van der Waals surface area contributed by atoms with Gasteiger partial charge in [0.15, 0.2) is 0 Å². The van der Waals surface area contributed by atoms with Gasteiger partial charge in [-0.3, -0.25) is 9.59 Å². The lowest BCUT2D eigenvalue weighted by Crippen LogP contribution is -2.18. The Bertz CT molecular complexity index is 689. The van der Waals surface area contributed by atoms with Crippen molar-refractivity contribution < 1.29 is 14.0 Å². The highest BCUT2D eigenvalue weighted by molar-refractivity contribution is 6.33. The lowest BCUT2D eigenvalue weighted by Gasteiger charge is -2.07. The van der Waals surface area contributed by atoms with Gasteiger partial charge in [0.1, 0.15) is 11.0 Å². The van der Waals surface area contributed by atoms with E-state index in [0.717, 1.165) is 12.3 Å². The van der Waals surface area contributed by atoms with Gasteiger partial charge in [0.25, 0.3) is 11.8 Å². The summed E-state index contributed by atoms with van der Waals surface area (Å²) in [6.45, 7) is 0. The number of anilines is 1. The number of nitrogens with one attached hydrogen (secondary N) is 2. The van der Waals surface area contributed by atoms with Gasteiger partial charge in [-0.25, -0.2) is 9.37 Å². The average Bonchev–Trinajstić information content (AvgIpc) is 2.49. The fraction of sp³-hybridized carbons (Fsp3) is 0.0714. The Morgan fingerprint density at radius 1 is 1.19 bits per heavy atom. The van der Waals surface area contributed by atoms with Crippen molar-refractivity contribution in [1.82, 2.24) is 10.3 Å². The molecule has 5 nitrogen and oxygen atoms in total. The van der Waals surface area contributed by atoms with Crippen LogP contribution in [0.1, 0.15) is 20.7 Å². The predicted octanol–water partition coefficient (Wildman–Crippen LogP) is 2.49. The van der Waals surface area contributed by atoms with E-state index in [1.165, 1.54) is 7.05 Å². The standard InChI is InChI=1S/C14H11ClFN3O2/c1-17-13(20)8-2-4-10(5-3-8)19-14(21)11-6-9(16)7-18-12(11)15/h2-7H,1H3,(H,17,20)(H,19,21). The van der Waals surface area contributed by atoms with Crippen LogP contribution in [0.2, 0.25) is 5.15 Å². The highest BCUT2D eigenvalue weighted by Crippen LogP contribution is 2.17. The molecule has 2 aromatic rings. The number of hydrogen-bond donors (Lipinski definition) is 2. The summed E-state index contributed by atoms with van der Waals surface area (Å²) in [6, 6.07) is 7.23. The largest absolute Gasteiger partial charge is 0.355 e. The minimum absolute atomic E-state index is 0.0629. The fourth-order valence-electron chi connectivity index (χ4n) is 1.63. The van der Waals surface area contributed by atoms with Gasteiger partial charge in [-0.15, -0.1) is 0 Å². The van der Waals surface area contributed by atoms with Crippen LogP contribution >= 0.6 is 11.6 Å². The maximum Gasteiger partial charge on any atom is 0.258 e. The molecule has 108 valence electrons. The molecule has 0 atom stereocenters. The maximum atomic E-state index is 13.1. The Kier molecular flexibility index (Phi) is 4.49. The van der Waals surface area contributed by atoms with Crippen LogP contribution in [-0.2, 0) is 0 Å². The molecule has 2 N–H and O–H groups in total. The third-order valence-corrected chi connectivity index (χ3v) is 2.98. The minimum atomic E-state index is -0.653. The van der Waals surface area contributed by atoms with Crippen molar-refractivity contribution in [3.63, 3.8) is 0 Å². The molecule has 0 aliphatic rings. The zero-order valence-electron chi connectivity index (χ0n) is 11.0. The molecule has 0 saturated carbocycles. The number of pyridine rings is 1. The molecule has 7 heteroatoms. The minimum Gasteiger partial charge on any atom is -0.355 e. The van der Waals surface area contributed by atoms with Crippen LogP contribution in [0.25, 0.3) is 0 Å². The van der Waals surface area contributed by atoms with Gasteiger partial charge in [0, 0.05) is 18.3 Å². The zero-order chi connectivity index (χ0) is 15.4. The number of carbonyl (C=O) groups excluding carboxylic acids is 2. The third kappa shape index (κ3) is 3.55. The molecule has 0 bridgehead atoms. The number of amides is 2. The first-order valence-electron chi connectivity index (χ1n) is 5.96. The molecule has 0 aliphatic carbocycles.